The standard InChI is InChI=1S/C12H14N4O3/c1-7-6-10(16(2)15-7)19-11-8(13)4-5-9(14-11)12(17)18-3/h4-6H,13H2,1-3H3. The number of nitrogens with zero attached hydrogens (tertiary/aromatic N) is 3. The number of esters is 1. The summed E-state index contributed by atoms with van der Waals surface area (Å²) in [5, 5.41) is 4.14. The van der Waals surface area contributed by atoms with Crippen molar-refractivity contribution >= 4 is 11.7 Å². The number of ether oxygens (including phenoxy) is 2. The molecule has 7 heteroatoms. The monoisotopic (exact) mass is 262 g/mol. The van der Waals surface area contributed by atoms with Crippen molar-refractivity contribution in [2.45, 2.75) is 6.92 Å². The van der Waals surface area contributed by atoms with E-state index in [4.69, 9.17) is 10.5 Å². The lowest BCUT2D eigenvalue weighted by Gasteiger charge is -2.08. The largest absolute Gasteiger partial charge is 0.464 e. The Morgan fingerprint density at radius 2 is 2.16 bits per heavy atom. The number of carbonyl (C=O) groups is 1. The van der Waals surface area contributed by atoms with Crippen LogP contribution in [-0.2, 0) is 11.8 Å². The summed E-state index contributed by atoms with van der Waals surface area (Å²) in [4.78, 5) is 15.4. The molecule has 0 saturated carbocycles. The van der Waals surface area contributed by atoms with E-state index in [1.54, 1.807) is 17.8 Å². The lowest BCUT2D eigenvalue weighted by Crippen LogP contribution is -2.07. The van der Waals surface area contributed by atoms with Gasteiger partial charge in [-0.15, -0.1) is 0 Å². The second-order valence-electron chi connectivity index (χ2n) is 3.93. The van der Waals surface area contributed by atoms with Crippen molar-refractivity contribution in [3.63, 3.8) is 0 Å². The van der Waals surface area contributed by atoms with Crippen molar-refractivity contribution in [2.24, 2.45) is 7.05 Å². The van der Waals surface area contributed by atoms with E-state index in [1.807, 2.05) is 6.92 Å². The summed E-state index contributed by atoms with van der Waals surface area (Å²) < 4.78 is 11.7. The van der Waals surface area contributed by atoms with Gasteiger partial charge in [0.1, 0.15) is 0 Å². The van der Waals surface area contributed by atoms with Gasteiger partial charge in [0.15, 0.2) is 5.69 Å². The van der Waals surface area contributed by atoms with E-state index in [0.717, 1.165) is 5.69 Å². The topological polar surface area (TPSA) is 92.3 Å². The van der Waals surface area contributed by atoms with Gasteiger partial charge in [0.05, 0.1) is 18.5 Å². The van der Waals surface area contributed by atoms with Crippen LogP contribution in [0.5, 0.6) is 11.8 Å². The van der Waals surface area contributed by atoms with Gasteiger partial charge in [-0.05, 0) is 19.1 Å². The van der Waals surface area contributed by atoms with Crippen LogP contribution < -0.4 is 10.5 Å². The maximum Gasteiger partial charge on any atom is 0.356 e. The highest BCUT2D eigenvalue weighted by atomic mass is 16.5. The molecule has 0 aliphatic carbocycles. The van der Waals surface area contributed by atoms with Crippen LogP contribution in [0.15, 0.2) is 18.2 Å². The van der Waals surface area contributed by atoms with Crippen LogP contribution in [0.4, 0.5) is 5.69 Å². The van der Waals surface area contributed by atoms with Gasteiger partial charge in [0.2, 0.25) is 11.8 Å². The lowest BCUT2D eigenvalue weighted by molar-refractivity contribution is 0.0593. The summed E-state index contributed by atoms with van der Waals surface area (Å²) in [6.07, 6.45) is 0. The summed E-state index contributed by atoms with van der Waals surface area (Å²) in [7, 11) is 3.02. The number of hydrogen-bond acceptors (Lipinski definition) is 6. The van der Waals surface area contributed by atoms with Crippen LogP contribution >= 0.6 is 0 Å². The molecule has 7 nitrogen and oxygen atoms in total. The fourth-order valence-corrected chi connectivity index (χ4v) is 1.53. The summed E-state index contributed by atoms with van der Waals surface area (Å²) in [5.41, 5.74) is 7.03. The zero-order valence-electron chi connectivity index (χ0n) is 10.9. The van der Waals surface area contributed by atoms with E-state index in [2.05, 4.69) is 14.8 Å². The van der Waals surface area contributed by atoms with Crippen LogP contribution in [0.25, 0.3) is 0 Å². The Morgan fingerprint density at radius 1 is 1.42 bits per heavy atom. The quantitative estimate of drug-likeness (QED) is 0.838. The molecule has 0 fully saturated rings. The van der Waals surface area contributed by atoms with Crippen molar-refractivity contribution in [2.75, 3.05) is 12.8 Å². The maximum atomic E-state index is 11.4. The molecule has 0 aliphatic heterocycles. The molecular formula is C12H14N4O3. The molecule has 0 spiro atoms. The van der Waals surface area contributed by atoms with Gasteiger partial charge in [-0.25, -0.2) is 14.5 Å². The Balaban J connectivity index is 2.34. The second-order valence-corrected chi connectivity index (χ2v) is 3.93. The van der Waals surface area contributed by atoms with Gasteiger partial charge in [0, 0.05) is 13.1 Å². The normalized spacial score (nSPS) is 10.3. The molecule has 2 aromatic rings. The first kappa shape index (κ1) is 12.9. The zero-order valence-corrected chi connectivity index (χ0v) is 10.9. The highest BCUT2D eigenvalue weighted by molar-refractivity contribution is 5.87. The fourth-order valence-electron chi connectivity index (χ4n) is 1.53. The SMILES string of the molecule is COC(=O)c1ccc(N)c(Oc2cc(C)nn2C)n1. The van der Waals surface area contributed by atoms with Gasteiger partial charge >= 0.3 is 5.97 Å². The first-order chi connectivity index (χ1) is 9.01. The lowest BCUT2D eigenvalue weighted by atomic mass is 10.3. The third-order valence-electron chi connectivity index (χ3n) is 2.44. The molecule has 0 saturated heterocycles. The number of aromatic nitrogens is 3. The highest BCUT2D eigenvalue weighted by Crippen LogP contribution is 2.25. The summed E-state index contributed by atoms with van der Waals surface area (Å²) in [6, 6.07) is 4.76. The number of nitrogens with two attached hydrogens (primary N) is 1. The summed E-state index contributed by atoms with van der Waals surface area (Å²) >= 11 is 0. The third-order valence-corrected chi connectivity index (χ3v) is 2.44. The average molecular weight is 262 g/mol. The first-order valence-electron chi connectivity index (χ1n) is 5.54. The zero-order chi connectivity index (χ0) is 14.0. The fraction of sp³-hybridized carbons (Fsp3) is 0.250. The minimum absolute atomic E-state index is 0.130. The maximum absolute atomic E-state index is 11.4. The molecule has 2 aromatic heterocycles. The molecule has 0 atom stereocenters. The van der Waals surface area contributed by atoms with Crippen LogP contribution in [-0.4, -0.2) is 27.8 Å². The number of nitrogen functional groups attached to an aromatic ring is 1. The number of methoxy groups -OCH3 is 1. The Morgan fingerprint density at radius 3 is 2.74 bits per heavy atom. The molecule has 0 aromatic carbocycles. The first-order valence-corrected chi connectivity index (χ1v) is 5.54. The van der Waals surface area contributed by atoms with Crippen molar-refractivity contribution in [1.29, 1.82) is 0 Å². The number of rotatable bonds is 3. The molecule has 0 aliphatic rings. The van der Waals surface area contributed by atoms with Crippen LogP contribution in [0, 0.1) is 6.92 Å². The van der Waals surface area contributed by atoms with Crippen LogP contribution in [0.3, 0.4) is 0 Å². The smallest absolute Gasteiger partial charge is 0.356 e. The highest BCUT2D eigenvalue weighted by Gasteiger charge is 2.13. The van der Waals surface area contributed by atoms with Gasteiger partial charge in [-0.2, -0.15) is 5.10 Å². The van der Waals surface area contributed by atoms with Crippen LogP contribution in [0.1, 0.15) is 16.2 Å². The number of carbonyl (C=O) groups excluding carboxylic acids is 1. The van der Waals surface area contributed by atoms with Crippen molar-refractivity contribution in [3.8, 4) is 11.8 Å². The van der Waals surface area contributed by atoms with E-state index in [9.17, 15) is 4.79 Å². The van der Waals surface area contributed by atoms with Gasteiger partial charge < -0.3 is 15.2 Å². The molecular weight excluding hydrogens is 248 g/mol. The Bertz CT molecular complexity index is 621. The molecule has 0 radical (unpaired) electrons. The Labute approximate surface area is 110 Å². The minimum Gasteiger partial charge on any atom is -0.464 e. The average Bonchev–Trinajstić information content (AvgIpc) is 2.69. The third kappa shape index (κ3) is 2.65. The van der Waals surface area contributed by atoms with Gasteiger partial charge in [-0.3, -0.25) is 0 Å². The molecule has 2 rings (SSSR count). The summed E-state index contributed by atoms with van der Waals surface area (Å²) in [5.74, 6) is 0.0793. The predicted octanol–water partition coefficient (Wildman–Crippen LogP) is 1.28. The van der Waals surface area contributed by atoms with Gasteiger partial charge in [0.25, 0.3) is 0 Å². The Kier molecular flexibility index (Phi) is 3.37. The Hall–Kier alpha value is -2.57. The van der Waals surface area contributed by atoms with Crippen molar-refractivity contribution in [3.05, 3.63) is 29.6 Å². The minimum atomic E-state index is -0.550. The van der Waals surface area contributed by atoms with E-state index < -0.39 is 5.97 Å². The molecule has 0 unspecified atom stereocenters. The number of anilines is 1. The molecule has 0 amide bonds. The summed E-state index contributed by atoms with van der Waals surface area (Å²) in [6.45, 7) is 1.84. The van der Waals surface area contributed by atoms with E-state index >= 15 is 0 Å². The number of aryl methyl sites for hydroxylation is 2. The van der Waals surface area contributed by atoms with Crippen molar-refractivity contribution in [1.82, 2.24) is 14.8 Å². The molecule has 2 N–H and O–H groups in total. The molecule has 100 valence electrons. The van der Waals surface area contributed by atoms with E-state index in [0.29, 0.717) is 11.6 Å². The van der Waals surface area contributed by atoms with Crippen molar-refractivity contribution < 1.29 is 14.3 Å². The molecule has 2 heterocycles. The van der Waals surface area contributed by atoms with E-state index in [1.165, 1.54) is 19.2 Å². The molecule has 19 heavy (non-hydrogen) atoms. The second kappa shape index (κ2) is 4.97. The number of pyridine rings is 1. The van der Waals surface area contributed by atoms with E-state index in [-0.39, 0.29) is 11.6 Å². The predicted molar refractivity (Wildman–Crippen MR) is 68.0 cm³/mol. The number of hydrogen-bond donors (Lipinski definition) is 1. The molecule has 0 bridgehead atoms. The van der Waals surface area contributed by atoms with Crippen LogP contribution in [0.2, 0.25) is 0 Å². The van der Waals surface area contributed by atoms with Gasteiger partial charge in [-0.1, -0.05) is 0 Å².